The van der Waals surface area contributed by atoms with Crippen molar-refractivity contribution in [1.29, 1.82) is 0 Å². The number of para-hydroxylation sites is 1. The van der Waals surface area contributed by atoms with Crippen LogP contribution >= 0.6 is 11.3 Å². The second-order valence-electron chi connectivity index (χ2n) is 3.88. The van der Waals surface area contributed by atoms with E-state index >= 15 is 0 Å². The normalized spacial score (nSPS) is 10.3. The molecule has 0 saturated heterocycles. The smallest absolute Gasteiger partial charge is 0.206 e. The third-order valence-corrected chi connectivity index (χ3v) is 3.96. The average molecular weight is 261 g/mol. The summed E-state index contributed by atoms with van der Waals surface area (Å²) in [6, 6.07) is 9.06. The summed E-state index contributed by atoms with van der Waals surface area (Å²) in [4.78, 5) is 14.3. The molecule has 0 fully saturated rings. The molecule has 0 aliphatic carbocycles. The number of nitrogens with two attached hydrogens (primary N) is 1. The van der Waals surface area contributed by atoms with E-state index in [1.165, 1.54) is 23.3 Å². The van der Waals surface area contributed by atoms with Gasteiger partial charge in [0, 0.05) is 4.88 Å². The number of benzene rings is 1. The van der Waals surface area contributed by atoms with E-state index in [9.17, 15) is 4.79 Å². The van der Waals surface area contributed by atoms with Gasteiger partial charge in [-0.3, -0.25) is 4.79 Å². The van der Waals surface area contributed by atoms with Crippen LogP contribution in [0.2, 0.25) is 0 Å². The number of thiophene rings is 1. The van der Waals surface area contributed by atoms with E-state index in [0.717, 1.165) is 11.3 Å². The van der Waals surface area contributed by atoms with Gasteiger partial charge < -0.3 is 10.5 Å². The SMILES string of the molecule is CCc1ccc(C(=O)c2cccc(N)c2OC)s1. The first kappa shape index (κ1) is 12.6. The van der Waals surface area contributed by atoms with Gasteiger partial charge in [-0.25, -0.2) is 0 Å². The maximum Gasteiger partial charge on any atom is 0.206 e. The topological polar surface area (TPSA) is 52.3 Å². The Labute approximate surface area is 110 Å². The third kappa shape index (κ3) is 2.24. The molecule has 18 heavy (non-hydrogen) atoms. The van der Waals surface area contributed by atoms with Gasteiger partial charge >= 0.3 is 0 Å². The summed E-state index contributed by atoms with van der Waals surface area (Å²) in [5.74, 6) is 0.415. The molecule has 1 heterocycles. The van der Waals surface area contributed by atoms with Crippen LogP contribution < -0.4 is 10.5 Å². The van der Waals surface area contributed by atoms with Crippen LogP contribution in [0.1, 0.15) is 27.0 Å². The molecular weight excluding hydrogens is 246 g/mol. The molecule has 3 nitrogen and oxygen atoms in total. The highest BCUT2D eigenvalue weighted by atomic mass is 32.1. The molecule has 0 radical (unpaired) electrons. The lowest BCUT2D eigenvalue weighted by molar-refractivity contribution is 0.103. The van der Waals surface area contributed by atoms with Crippen LogP contribution in [0, 0.1) is 0 Å². The van der Waals surface area contributed by atoms with Gasteiger partial charge in [0.15, 0.2) is 5.75 Å². The number of aryl methyl sites for hydroxylation is 1. The number of rotatable bonds is 4. The molecule has 4 heteroatoms. The quantitative estimate of drug-likeness (QED) is 0.679. The molecule has 0 saturated carbocycles. The lowest BCUT2D eigenvalue weighted by Crippen LogP contribution is -2.04. The third-order valence-electron chi connectivity index (χ3n) is 2.73. The van der Waals surface area contributed by atoms with Crippen molar-refractivity contribution in [2.45, 2.75) is 13.3 Å². The molecule has 0 unspecified atom stereocenters. The number of hydrogen-bond acceptors (Lipinski definition) is 4. The van der Waals surface area contributed by atoms with Crippen LogP contribution in [-0.4, -0.2) is 12.9 Å². The van der Waals surface area contributed by atoms with Crippen molar-refractivity contribution in [2.24, 2.45) is 0 Å². The molecule has 1 aromatic carbocycles. The fourth-order valence-corrected chi connectivity index (χ4v) is 2.69. The number of ether oxygens (including phenoxy) is 1. The van der Waals surface area contributed by atoms with Crippen LogP contribution in [0.3, 0.4) is 0 Å². The lowest BCUT2D eigenvalue weighted by atomic mass is 10.1. The molecule has 0 amide bonds. The molecule has 0 aliphatic heterocycles. The fourth-order valence-electron chi connectivity index (χ4n) is 1.78. The van der Waals surface area contributed by atoms with Crippen LogP contribution in [0.15, 0.2) is 30.3 Å². The maximum absolute atomic E-state index is 12.4. The number of carbonyl (C=O) groups is 1. The Morgan fingerprint density at radius 3 is 2.72 bits per heavy atom. The number of anilines is 1. The summed E-state index contributed by atoms with van der Waals surface area (Å²) in [6.45, 7) is 2.07. The van der Waals surface area contributed by atoms with E-state index < -0.39 is 0 Å². The standard InChI is InChI=1S/C14H15NO2S/c1-3-9-7-8-12(18-9)13(16)10-5-4-6-11(15)14(10)17-2/h4-8H,3,15H2,1-2H3. The molecule has 0 bridgehead atoms. The summed E-state index contributed by atoms with van der Waals surface area (Å²) in [6.07, 6.45) is 0.937. The van der Waals surface area contributed by atoms with Crippen molar-refractivity contribution < 1.29 is 9.53 Å². The number of methoxy groups -OCH3 is 1. The number of hydrogen-bond donors (Lipinski definition) is 1. The molecular formula is C14H15NO2S. The first-order chi connectivity index (χ1) is 8.67. The number of ketones is 1. The second-order valence-corrected chi connectivity index (χ2v) is 5.05. The Hall–Kier alpha value is -1.81. The van der Waals surface area contributed by atoms with E-state index in [1.54, 1.807) is 18.2 Å². The zero-order valence-electron chi connectivity index (χ0n) is 10.4. The Balaban J connectivity index is 2.42. The molecule has 2 rings (SSSR count). The molecule has 2 aromatic rings. The minimum atomic E-state index is -0.0381. The summed E-state index contributed by atoms with van der Waals surface area (Å²) in [5.41, 5.74) is 6.80. The highest BCUT2D eigenvalue weighted by molar-refractivity contribution is 7.14. The van der Waals surface area contributed by atoms with Gasteiger partial charge in [0.1, 0.15) is 0 Å². The monoisotopic (exact) mass is 261 g/mol. The molecule has 1 aromatic heterocycles. The van der Waals surface area contributed by atoms with Gasteiger partial charge in [-0.2, -0.15) is 0 Å². The molecule has 0 atom stereocenters. The van der Waals surface area contributed by atoms with Crippen molar-refractivity contribution in [3.63, 3.8) is 0 Å². The van der Waals surface area contributed by atoms with Crippen molar-refractivity contribution in [3.8, 4) is 5.75 Å². The van der Waals surface area contributed by atoms with Crippen LogP contribution in [0.5, 0.6) is 5.75 Å². The Bertz CT molecular complexity index is 575. The maximum atomic E-state index is 12.4. The molecule has 2 N–H and O–H groups in total. The minimum Gasteiger partial charge on any atom is -0.494 e. The minimum absolute atomic E-state index is 0.0381. The van der Waals surface area contributed by atoms with Crippen LogP contribution in [0.25, 0.3) is 0 Å². The van der Waals surface area contributed by atoms with Gasteiger partial charge in [-0.05, 0) is 30.7 Å². The fraction of sp³-hybridized carbons (Fsp3) is 0.214. The summed E-state index contributed by atoms with van der Waals surface area (Å²) < 4.78 is 5.21. The zero-order valence-corrected chi connectivity index (χ0v) is 11.2. The average Bonchev–Trinajstić information content (AvgIpc) is 2.86. The van der Waals surface area contributed by atoms with Crippen molar-refractivity contribution in [1.82, 2.24) is 0 Å². The van der Waals surface area contributed by atoms with E-state index in [2.05, 4.69) is 6.92 Å². The molecule has 94 valence electrons. The second kappa shape index (κ2) is 5.23. The summed E-state index contributed by atoms with van der Waals surface area (Å²) in [5, 5.41) is 0. The van der Waals surface area contributed by atoms with E-state index in [4.69, 9.17) is 10.5 Å². The Morgan fingerprint density at radius 2 is 2.11 bits per heavy atom. The molecule has 0 spiro atoms. The number of carbonyl (C=O) groups excluding carboxylic acids is 1. The highest BCUT2D eigenvalue weighted by Gasteiger charge is 2.17. The molecule has 0 aliphatic rings. The predicted octanol–water partition coefficient (Wildman–Crippen LogP) is 3.13. The first-order valence-corrected chi connectivity index (χ1v) is 6.55. The van der Waals surface area contributed by atoms with E-state index in [-0.39, 0.29) is 5.78 Å². The van der Waals surface area contributed by atoms with E-state index in [0.29, 0.717) is 17.0 Å². The van der Waals surface area contributed by atoms with Crippen LogP contribution in [0.4, 0.5) is 5.69 Å². The summed E-state index contributed by atoms with van der Waals surface area (Å²) in [7, 11) is 1.52. The van der Waals surface area contributed by atoms with Gasteiger partial charge in [0.2, 0.25) is 5.78 Å². The van der Waals surface area contributed by atoms with E-state index in [1.807, 2.05) is 12.1 Å². The van der Waals surface area contributed by atoms with Crippen molar-refractivity contribution >= 4 is 22.8 Å². The van der Waals surface area contributed by atoms with Crippen LogP contribution in [-0.2, 0) is 6.42 Å². The Morgan fingerprint density at radius 1 is 1.33 bits per heavy atom. The number of nitrogen functional groups attached to an aromatic ring is 1. The van der Waals surface area contributed by atoms with Crippen molar-refractivity contribution in [3.05, 3.63) is 45.6 Å². The van der Waals surface area contributed by atoms with Gasteiger partial charge in [-0.1, -0.05) is 13.0 Å². The largest absolute Gasteiger partial charge is 0.494 e. The first-order valence-electron chi connectivity index (χ1n) is 5.73. The zero-order chi connectivity index (χ0) is 13.1. The highest BCUT2D eigenvalue weighted by Crippen LogP contribution is 2.30. The lowest BCUT2D eigenvalue weighted by Gasteiger charge is -2.08. The van der Waals surface area contributed by atoms with Gasteiger partial charge in [0.25, 0.3) is 0 Å². The van der Waals surface area contributed by atoms with Crippen molar-refractivity contribution in [2.75, 3.05) is 12.8 Å². The summed E-state index contributed by atoms with van der Waals surface area (Å²) >= 11 is 1.51. The Kier molecular flexibility index (Phi) is 3.67. The van der Waals surface area contributed by atoms with Gasteiger partial charge in [0.05, 0.1) is 23.2 Å². The predicted molar refractivity (Wildman–Crippen MR) is 74.5 cm³/mol. The van der Waals surface area contributed by atoms with Gasteiger partial charge in [-0.15, -0.1) is 11.3 Å².